The van der Waals surface area contributed by atoms with Crippen molar-refractivity contribution < 1.29 is 19.1 Å². The van der Waals surface area contributed by atoms with Crippen molar-refractivity contribution in [3.8, 4) is 0 Å². The predicted molar refractivity (Wildman–Crippen MR) is 45.2 cm³/mol. The van der Waals surface area contributed by atoms with E-state index in [0.29, 0.717) is 0 Å². The molecule has 3 aliphatic heterocycles. The lowest BCUT2D eigenvalue weighted by molar-refractivity contribution is -0.162. The smallest absolute Gasteiger partial charge is 0.323 e. The number of rotatable bonds is 0. The van der Waals surface area contributed by atoms with E-state index in [2.05, 4.69) is 0 Å². The zero-order valence-electron chi connectivity index (χ0n) is 8.20. The van der Waals surface area contributed by atoms with Gasteiger partial charge in [0.15, 0.2) is 0 Å². The molecule has 0 radical (unpaired) electrons. The van der Waals surface area contributed by atoms with Crippen molar-refractivity contribution in [1.82, 2.24) is 0 Å². The van der Waals surface area contributed by atoms with Crippen LogP contribution in [0.2, 0.25) is 0 Å². The second-order valence-corrected chi connectivity index (χ2v) is 4.81. The summed E-state index contributed by atoms with van der Waals surface area (Å²) >= 11 is 0. The first-order chi connectivity index (χ1) is 6.49. The maximum absolute atomic E-state index is 11.7. The quantitative estimate of drug-likeness (QED) is 0.421. The van der Waals surface area contributed by atoms with Crippen molar-refractivity contribution in [2.75, 3.05) is 0 Å². The third kappa shape index (κ3) is 0.610. The number of carbonyl (C=O) groups is 2. The van der Waals surface area contributed by atoms with Gasteiger partial charge in [0.2, 0.25) is 0 Å². The fraction of sp³-hybridized carbons (Fsp3) is 0.800. The van der Waals surface area contributed by atoms with Gasteiger partial charge in [-0.25, -0.2) is 0 Å². The fourth-order valence-electron chi connectivity index (χ4n) is 3.18. The summed E-state index contributed by atoms with van der Waals surface area (Å²) in [6.45, 7) is 3.71. The first-order valence-electron chi connectivity index (χ1n) is 4.93. The van der Waals surface area contributed by atoms with E-state index in [1.807, 2.05) is 6.92 Å². The van der Waals surface area contributed by atoms with E-state index < -0.39 is 23.0 Å². The SMILES string of the molecule is C[C@]12CC[C@@H](O1)[C@@H]1C(=O)OC(=O)[C@]12C. The molecule has 0 aliphatic carbocycles. The highest BCUT2D eigenvalue weighted by Crippen LogP contribution is 2.61. The lowest BCUT2D eigenvalue weighted by Gasteiger charge is -2.34. The van der Waals surface area contributed by atoms with Crippen LogP contribution in [0.15, 0.2) is 0 Å². The Labute approximate surface area is 81.6 Å². The number of hydrogen-bond donors (Lipinski definition) is 0. The summed E-state index contributed by atoms with van der Waals surface area (Å²) in [5.41, 5.74) is -1.24. The maximum atomic E-state index is 11.7. The van der Waals surface area contributed by atoms with Crippen molar-refractivity contribution in [3.05, 3.63) is 0 Å². The van der Waals surface area contributed by atoms with Crippen LogP contribution in [0.25, 0.3) is 0 Å². The van der Waals surface area contributed by atoms with Gasteiger partial charge in [0.05, 0.1) is 11.7 Å². The van der Waals surface area contributed by atoms with Gasteiger partial charge >= 0.3 is 11.9 Å². The number of hydrogen-bond acceptors (Lipinski definition) is 4. The number of carbonyl (C=O) groups excluding carboxylic acids is 2. The van der Waals surface area contributed by atoms with E-state index in [-0.39, 0.29) is 12.0 Å². The van der Waals surface area contributed by atoms with E-state index in [1.165, 1.54) is 0 Å². The summed E-state index contributed by atoms with van der Waals surface area (Å²) in [5, 5.41) is 0. The Kier molecular flexibility index (Phi) is 1.22. The van der Waals surface area contributed by atoms with Crippen LogP contribution in [-0.2, 0) is 19.1 Å². The van der Waals surface area contributed by atoms with E-state index in [4.69, 9.17) is 9.47 Å². The molecule has 3 aliphatic rings. The molecule has 0 unspecified atom stereocenters. The molecule has 3 heterocycles. The van der Waals surface area contributed by atoms with Crippen molar-refractivity contribution in [3.63, 3.8) is 0 Å². The second-order valence-electron chi connectivity index (χ2n) is 4.81. The summed E-state index contributed by atoms with van der Waals surface area (Å²) in [4.78, 5) is 23.1. The fourth-order valence-corrected chi connectivity index (χ4v) is 3.18. The molecule has 76 valence electrons. The molecule has 4 atom stereocenters. The van der Waals surface area contributed by atoms with Gasteiger partial charge < -0.3 is 9.47 Å². The largest absolute Gasteiger partial charge is 0.392 e. The van der Waals surface area contributed by atoms with Crippen LogP contribution in [0.3, 0.4) is 0 Å². The van der Waals surface area contributed by atoms with Gasteiger partial charge in [0.1, 0.15) is 11.3 Å². The molecule has 0 spiro atoms. The maximum Gasteiger partial charge on any atom is 0.323 e. The van der Waals surface area contributed by atoms with Gasteiger partial charge in [-0.2, -0.15) is 0 Å². The number of ether oxygens (including phenoxy) is 2. The van der Waals surface area contributed by atoms with Crippen LogP contribution in [-0.4, -0.2) is 23.6 Å². The van der Waals surface area contributed by atoms with E-state index in [0.717, 1.165) is 12.8 Å². The molecule has 0 aromatic carbocycles. The van der Waals surface area contributed by atoms with Gasteiger partial charge in [-0.05, 0) is 26.7 Å². The molecule has 0 aromatic heterocycles. The van der Waals surface area contributed by atoms with Gasteiger partial charge in [-0.3, -0.25) is 9.59 Å². The molecule has 2 bridgehead atoms. The minimum absolute atomic E-state index is 0.107. The van der Waals surface area contributed by atoms with Crippen LogP contribution in [0.5, 0.6) is 0 Å². The predicted octanol–water partition coefficient (Wildman–Crippen LogP) is 0.644. The summed E-state index contributed by atoms with van der Waals surface area (Å²) < 4.78 is 10.5. The molecule has 3 fully saturated rings. The number of fused-ring (bicyclic) bond motifs is 5. The third-order valence-electron chi connectivity index (χ3n) is 4.28. The lowest BCUT2D eigenvalue weighted by Crippen LogP contribution is -2.47. The molecular formula is C10H12O4. The van der Waals surface area contributed by atoms with E-state index >= 15 is 0 Å². The van der Waals surface area contributed by atoms with Crippen molar-refractivity contribution in [1.29, 1.82) is 0 Å². The molecule has 0 amide bonds. The van der Waals surface area contributed by atoms with E-state index in [1.54, 1.807) is 6.92 Å². The minimum Gasteiger partial charge on any atom is -0.392 e. The monoisotopic (exact) mass is 196 g/mol. The highest BCUT2D eigenvalue weighted by Gasteiger charge is 2.74. The zero-order chi connectivity index (χ0) is 10.1. The van der Waals surface area contributed by atoms with Crippen molar-refractivity contribution in [2.24, 2.45) is 11.3 Å². The Hall–Kier alpha value is -0.900. The molecule has 3 saturated heterocycles. The Morgan fingerprint density at radius 3 is 2.71 bits per heavy atom. The molecule has 3 rings (SSSR count). The standard InChI is InChI=1S/C10H12O4/c1-9-4-3-5(14-9)6-7(11)13-8(12)10(6,9)2/h5-6H,3-4H2,1-2H3/t5-,6-,9-,10+/m1/s1. The Balaban J connectivity index is 2.18. The van der Waals surface area contributed by atoms with E-state index in [9.17, 15) is 9.59 Å². The Morgan fingerprint density at radius 1 is 1.36 bits per heavy atom. The van der Waals surface area contributed by atoms with Crippen molar-refractivity contribution >= 4 is 11.9 Å². The molecule has 4 nitrogen and oxygen atoms in total. The molecule has 4 heteroatoms. The lowest BCUT2D eigenvalue weighted by atomic mass is 9.62. The minimum atomic E-state index is -0.743. The second kappa shape index (κ2) is 2.03. The van der Waals surface area contributed by atoms with Crippen molar-refractivity contribution in [2.45, 2.75) is 38.4 Å². The average molecular weight is 196 g/mol. The average Bonchev–Trinajstić information content (AvgIpc) is 2.63. The van der Waals surface area contributed by atoms with Crippen LogP contribution in [0.4, 0.5) is 0 Å². The Bertz CT molecular complexity index is 350. The molecule has 14 heavy (non-hydrogen) atoms. The molecule has 0 saturated carbocycles. The van der Waals surface area contributed by atoms with Gasteiger partial charge in [-0.1, -0.05) is 0 Å². The summed E-state index contributed by atoms with van der Waals surface area (Å²) in [5.74, 6) is -1.17. The summed E-state index contributed by atoms with van der Waals surface area (Å²) in [6.07, 6.45) is 1.59. The highest BCUT2D eigenvalue weighted by atomic mass is 16.6. The summed E-state index contributed by atoms with van der Waals surface area (Å²) in [6, 6.07) is 0. The van der Waals surface area contributed by atoms with Crippen LogP contribution >= 0.6 is 0 Å². The normalized spacial score (nSPS) is 55.0. The van der Waals surface area contributed by atoms with Crippen LogP contribution < -0.4 is 0 Å². The third-order valence-corrected chi connectivity index (χ3v) is 4.28. The highest BCUT2D eigenvalue weighted by molar-refractivity contribution is 6.01. The summed E-state index contributed by atoms with van der Waals surface area (Å²) in [7, 11) is 0. The Morgan fingerprint density at radius 2 is 2.07 bits per heavy atom. The number of esters is 2. The van der Waals surface area contributed by atoms with Crippen LogP contribution in [0, 0.1) is 11.3 Å². The van der Waals surface area contributed by atoms with Crippen LogP contribution in [0.1, 0.15) is 26.7 Å². The molecule has 0 aromatic rings. The topological polar surface area (TPSA) is 52.6 Å². The first kappa shape index (κ1) is 8.41. The molecular weight excluding hydrogens is 184 g/mol. The zero-order valence-corrected chi connectivity index (χ0v) is 8.20. The van der Waals surface area contributed by atoms with Gasteiger partial charge in [0.25, 0.3) is 0 Å². The van der Waals surface area contributed by atoms with Gasteiger partial charge in [-0.15, -0.1) is 0 Å². The number of cyclic esters (lactones) is 2. The molecule has 0 N–H and O–H groups in total. The first-order valence-corrected chi connectivity index (χ1v) is 4.93. The van der Waals surface area contributed by atoms with Gasteiger partial charge in [0, 0.05) is 0 Å².